The molecule has 0 aliphatic rings. The van der Waals surface area contributed by atoms with Gasteiger partial charge in [0.1, 0.15) is 11.2 Å². The van der Waals surface area contributed by atoms with E-state index >= 15 is 0 Å². The molecule has 0 atom stereocenters. The van der Waals surface area contributed by atoms with E-state index in [0.717, 1.165) is 6.42 Å². The summed E-state index contributed by atoms with van der Waals surface area (Å²) in [7, 11) is 0. The molecule has 0 fully saturated rings. The van der Waals surface area contributed by atoms with Gasteiger partial charge in [-0.25, -0.2) is 9.59 Å². The molecule has 0 aromatic carbocycles. The zero-order valence-corrected chi connectivity index (χ0v) is 15.7. The second-order valence-electron chi connectivity index (χ2n) is 7.22. The summed E-state index contributed by atoms with van der Waals surface area (Å²) in [4.78, 5) is 25.4. The van der Waals surface area contributed by atoms with Gasteiger partial charge in [0.05, 0.1) is 0 Å². The molecule has 8 nitrogen and oxygen atoms in total. The Hall–Kier alpha value is -1.54. The van der Waals surface area contributed by atoms with Gasteiger partial charge in [-0.3, -0.25) is 0 Å². The number of alkyl carbamates (subject to hydrolysis) is 1. The summed E-state index contributed by atoms with van der Waals surface area (Å²) in [6.45, 7) is 10.8. The van der Waals surface area contributed by atoms with Gasteiger partial charge in [-0.05, 0) is 54.0 Å². The molecule has 0 aliphatic carbocycles. The van der Waals surface area contributed by atoms with Crippen molar-refractivity contribution in [3.63, 3.8) is 0 Å². The summed E-state index contributed by atoms with van der Waals surface area (Å²) in [5, 5.41) is 2.64. The van der Waals surface area contributed by atoms with Crippen molar-refractivity contribution in [2.75, 3.05) is 32.7 Å². The lowest BCUT2D eigenvalue weighted by Gasteiger charge is -2.28. The van der Waals surface area contributed by atoms with Crippen molar-refractivity contribution in [1.82, 2.24) is 10.2 Å². The molecule has 0 aliphatic heterocycles. The highest BCUT2D eigenvalue weighted by molar-refractivity contribution is 5.69. The van der Waals surface area contributed by atoms with Crippen molar-refractivity contribution in [3.8, 4) is 0 Å². The molecule has 0 saturated carbocycles. The maximum atomic E-state index is 12.1. The lowest BCUT2D eigenvalue weighted by molar-refractivity contribution is 0.0223. The summed E-state index contributed by atoms with van der Waals surface area (Å²) >= 11 is 0. The van der Waals surface area contributed by atoms with Crippen molar-refractivity contribution in [2.24, 2.45) is 11.5 Å². The number of hydrogen-bond acceptors (Lipinski definition) is 6. The largest absolute Gasteiger partial charge is 0.444 e. The van der Waals surface area contributed by atoms with E-state index in [-0.39, 0.29) is 6.54 Å². The van der Waals surface area contributed by atoms with Gasteiger partial charge in [0, 0.05) is 26.2 Å². The van der Waals surface area contributed by atoms with Gasteiger partial charge in [-0.1, -0.05) is 0 Å². The molecule has 0 spiro atoms. The first-order valence-corrected chi connectivity index (χ1v) is 8.35. The topological polar surface area (TPSA) is 120 Å². The first-order valence-electron chi connectivity index (χ1n) is 8.35. The van der Waals surface area contributed by atoms with Crippen LogP contribution in [0.1, 0.15) is 47.5 Å². The summed E-state index contributed by atoms with van der Waals surface area (Å²) in [5.41, 5.74) is 9.83. The summed E-state index contributed by atoms with van der Waals surface area (Å²) in [6.07, 6.45) is 0.498. The van der Waals surface area contributed by atoms with Gasteiger partial charge in [0.15, 0.2) is 0 Å². The fraction of sp³-hybridized carbons (Fsp3) is 0.875. The third-order valence-corrected chi connectivity index (χ3v) is 3.05. The molecule has 0 heterocycles. The van der Waals surface area contributed by atoms with E-state index in [1.807, 2.05) is 13.8 Å². The molecule has 2 amide bonds. The number of amides is 2. The first-order chi connectivity index (χ1) is 11.0. The molecule has 0 bridgehead atoms. The zero-order chi connectivity index (χ0) is 18.8. The van der Waals surface area contributed by atoms with Crippen LogP contribution in [0.4, 0.5) is 9.59 Å². The molecular formula is C16H34N4O4. The van der Waals surface area contributed by atoms with E-state index in [4.69, 9.17) is 20.9 Å². The van der Waals surface area contributed by atoms with E-state index in [1.54, 1.807) is 20.8 Å². The monoisotopic (exact) mass is 346 g/mol. The fourth-order valence-corrected chi connectivity index (χ4v) is 1.94. The molecule has 0 aromatic rings. The number of nitrogens with two attached hydrogens (primary N) is 2. The highest BCUT2D eigenvalue weighted by Crippen LogP contribution is 2.16. The molecule has 0 unspecified atom stereocenters. The van der Waals surface area contributed by atoms with E-state index in [0.29, 0.717) is 32.6 Å². The van der Waals surface area contributed by atoms with Crippen molar-refractivity contribution in [3.05, 3.63) is 0 Å². The number of nitrogens with one attached hydrogen (secondary N) is 1. The summed E-state index contributed by atoms with van der Waals surface area (Å²) in [6, 6.07) is 0. The molecule has 0 radical (unpaired) electrons. The van der Waals surface area contributed by atoms with Gasteiger partial charge in [0.2, 0.25) is 0 Å². The predicted molar refractivity (Wildman–Crippen MR) is 93.7 cm³/mol. The minimum Gasteiger partial charge on any atom is -0.444 e. The van der Waals surface area contributed by atoms with Gasteiger partial charge >= 0.3 is 12.2 Å². The molecular weight excluding hydrogens is 312 g/mol. The minimum atomic E-state index is -0.580. The Morgan fingerprint density at radius 1 is 1.00 bits per heavy atom. The number of carbonyl (C=O) groups excluding carboxylic acids is 2. The Bertz CT molecular complexity index is 394. The highest BCUT2D eigenvalue weighted by atomic mass is 16.6. The van der Waals surface area contributed by atoms with Gasteiger partial charge in [-0.2, -0.15) is 0 Å². The average molecular weight is 346 g/mol. The molecule has 24 heavy (non-hydrogen) atoms. The third kappa shape index (κ3) is 11.1. The molecule has 142 valence electrons. The van der Waals surface area contributed by atoms with Crippen LogP contribution >= 0.6 is 0 Å². The van der Waals surface area contributed by atoms with Crippen LogP contribution in [-0.4, -0.2) is 61.0 Å². The number of rotatable bonds is 9. The van der Waals surface area contributed by atoms with Crippen molar-refractivity contribution in [2.45, 2.75) is 58.7 Å². The van der Waals surface area contributed by atoms with E-state index in [9.17, 15) is 9.59 Å². The zero-order valence-electron chi connectivity index (χ0n) is 15.7. The minimum absolute atomic E-state index is 0.255. The van der Waals surface area contributed by atoms with Crippen LogP contribution in [0.15, 0.2) is 0 Å². The maximum Gasteiger partial charge on any atom is 0.410 e. The molecule has 8 heteroatoms. The Morgan fingerprint density at radius 2 is 1.62 bits per heavy atom. The Morgan fingerprint density at radius 3 is 2.12 bits per heavy atom. The molecule has 0 aromatic heterocycles. The summed E-state index contributed by atoms with van der Waals surface area (Å²) in [5.74, 6) is 0. The van der Waals surface area contributed by atoms with E-state index in [1.165, 1.54) is 4.90 Å². The van der Waals surface area contributed by atoms with Crippen LogP contribution in [0.3, 0.4) is 0 Å². The lowest BCUT2D eigenvalue weighted by Crippen LogP contribution is -2.44. The molecule has 0 rings (SSSR count). The first kappa shape index (κ1) is 22.5. The van der Waals surface area contributed by atoms with Gasteiger partial charge < -0.3 is 31.2 Å². The van der Waals surface area contributed by atoms with Crippen LogP contribution in [0, 0.1) is 0 Å². The van der Waals surface area contributed by atoms with Crippen LogP contribution in [0.25, 0.3) is 0 Å². The average Bonchev–Trinajstić information content (AvgIpc) is 2.41. The van der Waals surface area contributed by atoms with Crippen LogP contribution in [0.2, 0.25) is 0 Å². The van der Waals surface area contributed by atoms with Gasteiger partial charge in [-0.15, -0.1) is 0 Å². The Labute approximate surface area is 145 Å². The van der Waals surface area contributed by atoms with Crippen molar-refractivity contribution < 1.29 is 19.1 Å². The standard InChI is InChI=1S/C16H34N4O4/c1-15(2,3)24-14(22)20(11-9-18)12-10-19-13(21)23-16(4,5)7-6-8-17/h6-12,17-18H2,1-5H3,(H,19,21). The SMILES string of the molecule is CC(C)(C)OC(=O)N(CCN)CCNC(=O)OC(C)(C)CCCN. The van der Waals surface area contributed by atoms with Crippen LogP contribution < -0.4 is 16.8 Å². The van der Waals surface area contributed by atoms with Crippen molar-refractivity contribution in [1.29, 1.82) is 0 Å². The number of nitrogens with zero attached hydrogens (tertiary/aromatic N) is 1. The number of hydrogen-bond donors (Lipinski definition) is 3. The Kier molecular flexibility index (Phi) is 9.69. The highest BCUT2D eigenvalue weighted by Gasteiger charge is 2.23. The molecule has 5 N–H and O–H groups in total. The molecule has 0 saturated heterocycles. The van der Waals surface area contributed by atoms with Gasteiger partial charge in [0.25, 0.3) is 0 Å². The smallest absolute Gasteiger partial charge is 0.410 e. The predicted octanol–water partition coefficient (Wildman–Crippen LogP) is 1.43. The van der Waals surface area contributed by atoms with E-state index < -0.39 is 23.4 Å². The van der Waals surface area contributed by atoms with E-state index in [2.05, 4.69) is 5.32 Å². The second kappa shape index (κ2) is 10.4. The normalized spacial score (nSPS) is 11.8. The number of carbonyl (C=O) groups is 2. The number of ether oxygens (including phenoxy) is 2. The van der Waals surface area contributed by atoms with Crippen LogP contribution in [-0.2, 0) is 9.47 Å². The summed E-state index contributed by atoms with van der Waals surface area (Å²) < 4.78 is 10.7. The quantitative estimate of drug-likeness (QED) is 0.581. The van der Waals surface area contributed by atoms with Crippen LogP contribution in [0.5, 0.6) is 0 Å². The maximum absolute atomic E-state index is 12.1. The lowest BCUT2D eigenvalue weighted by atomic mass is 10.0. The fourth-order valence-electron chi connectivity index (χ4n) is 1.94. The Balaban J connectivity index is 4.32. The third-order valence-electron chi connectivity index (χ3n) is 3.05. The second-order valence-corrected chi connectivity index (χ2v) is 7.22. The van der Waals surface area contributed by atoms with Crippen molar-refractivity contribution >= 4 is 12.2 Å².